The molecule has 4 fully saturated rings. The minimum absolute atomic E-state index is 0.0517. The van der Waals surface area contributed by atoms with Gasteiger partial charge in [0.1, 0.15) is 23.9 Å². The average molecular weight is 715 g/mol. The molecule has 2 heterocycles. The summed E-state index contributed by atoms with van der Waals surface area (Å²) >= 11 is 0. The van der Waals surface area contributed by atoms with Crippen LogP contribution in [0.4, 0.5) is 0 Å². The van der Waals surface area contributed by atoms with Crippen molar-refractivity contribution in [2.75, 3.05) is 6.61 Å². The Kier molecular flexibility index (Phi) is 9.61. The van der Waals surface area contributed by atoms with Crippen molar-refractivity contribution in [2.45, 2.75) is 160 Å². The van der Waals surface area contributed by atoms with Gasteiger partial charge in [0, 0.05) is 30.1 Å². The SMILES string of the molecule is CCC(=O)O[C@@]12CO[C@@H]1C[C@H](O[Si](CC)(CC)CC)[C@@]1(C)[C@@H]3OC(C)(C)O[C@@H]3C3=C(C)[C@@H](O)C[C@@](O)([C@@H](OC(=O)c4ccccc4)[C@H]21)C3(C)C. The zero-order valence-corrected chi connectivity index (χ0v) is 32.5. The molecule has 0 unspecified atom stereocenters. The Morgan fingerprint density at radius 1 is 0.980 bits per heavy atom. The second-order valence-electron chi connectivity index (χ2n) is 16.5. The van der Waals surface area contributed by atoms with Gasteiger partial charge in [-0.25, -0.2) is 4.79 Å². The Morgan fingerprint density at radius 2 is 1.62 bits per heavy atom. The maximum atomic E-state index is 14.3. The summed E-state index contributed by atoms with van der Waals surface area (Å²) in [5.74, 6) is -2.97. The van der Waals surface area contributed by atoms with Gasteiger partial charge in [0.25, 0.3) is 0 Å². The van der Waals surface area contributed by atoms with Crippen LogP contribution in [0.5, 0.6) is 0 Å². The molecule has 2 aliphatic heterocycles. The van der Waals surface area contributed by atoms with E-state index in [4.69, 9.17) is 28.1 Å². The fourth-order valence-corrected chi connectivity index (χ4v) is 13.2. The molecule has 1 aromatic carbocycles. The highest BCUT2D eigenvalue weighted by atomic mass is 28.4. The molecule has 2 saturated carbocycles. The minimum atomic E-state index is -2.32. The fraction of sp³-hybridized carbons (Fsp3) is 0.744. The third kappa shape index (κ3) is 5.39. The van der Waals surface area contributed by atoms with Gasteiger partial charge in [0.2, 0.25) is 0 Å². The molecular formula is C39H58O10Si. The molecule has 50 heavy (non-hydrogen) atoms. The second-order valence-corrected chi connectivity index (χ2v) is 21.3. The number of hydrogen-bond acceptors (Lipinski definition) is 10. The Bertz CT molecular complexity index is 1500. The number of aliphatic hydroxyl groups excluding tert-OH is 1. The van der Waals surface area contributed by atoms with Crippen LogP contribution in [0.2, 0.25) is 18.1 Å². The molecule has 0 amide bonds. The molecule has 1 aromatic rings. The van der Waals surface area contributed by atoms with Crippen LogP contribution in [0.25, 0.3) is 0 Å². The van der Waals surface area contributed by atoms with Crippen molar-refractivity contribution in [1.29, 1.82) is 0 Å². The third-order valence-corrected chi connectivity index (χ3v) is 18.1. The Balaban J connectivity index is 1.69. The van der Waals surface area contributed by atoms with Gasteiger partial charge in [0.05, 0.1) is 36.4 Å². The lowest BCUT2D eigenvalue weighted by Gasteiger charge is -2.69. The van der Waals surface area contributed by atoms with E-state index in [0.717, 1.165) is 23.7 Å². The zero-order chi connectivity index (χ0) is 36.7. The van der Waals surface area contributed by atoms with Crippen LogP contribution in [0.3, 0.4) is 0 Å². The summed E-state index contributed by atoms with van der Waals surface area (Å²) < 4.78 is 40.9. The van der Waals surface area contributed by atoms with Gasteiger partial charge in [0.15, 0.2) is 19.7 Å². The monoisotopic (exact) mass is 714 g/mol. The van der Waals surface area contributed by atoms with E-state index in [2.05, 4.69) is 27.7 Å². The summed E-state index contributed by atoms with van der Waals surface area (Å²) in [6.07, 6.45) is -4.36. The summed E-state index contributed by atoms with van der Waals surface area (Å²) in [5, 5.41) is 25.3. The van der Waals surface area contributed by atoms with Gasteiger partial charge in [-0.05, 0) is 62.2 Å². The molecular weight excluding hydrogens is 657 g/mol. The number of benzene rings is 1. The predicted molar refractivity (Wildman–Crippen MR) is 189 cm³/mol. The molecule has 2 bridgehead atoms. The summed E-state index contributed by atoms with van der Waals surface area (Å²) in [6, 6.07) is 11.4. The van der Waals surface area contributed by atoms with Gasteiger partial charge in [-0.2, -0.15) is 0 Å². The highest BCUT2D eigenvalue weighted by Gasteiger charge is 2.79. The first-order chi connectivity index (χ1) is 23.4. The summed E-state index contributed by atoms with van der Waals surface area (Å²) in [7, 11) is -2.32. The number of carbonyl (C=O) groups excluding carboxylic acids is 2. The molecule has 2 N–H and O–H groups in total. The van der Waals surface area contributed by atoms with Crippen molar-refractivity contribution in [3.8, 4) is 0 Å². The van der Waals surface area contributed by atoms with E-state index < -0.39 is 90.6 Å². The van der Waals surface area contributed by atoms with Crippen molar-refractivity contribution >= 4 is 20.3 Å². The van der Waals surface area contributed by atoms with E-state index >= 15 is 0 Å². The van der Waals surface area contributed by atoms with Crippen LogP contribution in [0.15, 0.2) is 41.5 Å². The average Bonchev–Trinajstić information content (AvgIpc) is 3.40. The van der Waals surface area contributed by atoms with Gasteiger partial charge < -0.3 is 38.3 Å². The number of carbonyl (C=O) groups is 2. The van der Waals surface area contributed by atoms with Crippen molar-refractivity contribution in [2.24, 2.45) is 16.7 Å². The summed E-state index contributed by atoms with van der Waals surface area (Å²) in [6.45, 7) is 19.9. The molecule has 11 heteroatoms. The minimum Gasteiger partial charge on any atom is -0.455 e. The molecule has 0 spiro atoms. The van der Waals surface area contributed by atoms with E-state index in [1.54, 1.807) is 31.2 Å². The van der Waals surface area contributed by atoms with Crippen molar-refractivity contribution < 1.29 is 47.9 Å². The number of fused-ring (bicyclic) bond motifs is 8. The lowest BCUT2D eigenvalue weighted by Crippen LogP contribution is -2.82. The van der Waals surface area contributed by atoms with Gasteiger partial charge in [-0.1, -0.05) is 66.7 Å². The Hall–Kier alpha value is -2.12. The van der Waals surface area contributed by atoms with Gasteiger partial charge in [-0.15, -0.1) is 0 Å². The van der Waals surface area contributed by atoms with Crippen LogP contribution < -0.4 is 0 Å². The molecule has 5 aliphatic rings. The van der Waals surface area contributed by atoms with Gasteiger partial charge >= 0.3 is 11.9 Å². The van der Waals surface area contributed by atoms with Crippen molar-refractivity contribution in [1.82, 2.24) is 0 Å². The smallest absolute Gasteiger partial charge is 0.338 e. The first-order valence-electron chi connectivity index (χ1n) is 18.6. The number of rotatable bonds is 9. The fourth-order valence-electron chi connectivity index (χ4n) is 10.2. The summed E-state index contributed by atoms with van der Waals surface area (Å²) in [4.78, 5) is 27.8. The molecule has 278 valence electrons. The van der Waals surface area contributed by atoms with E-state index in [9.17, 15) is 19.8 Å². The number of esters is 2. The van der Waals surface area contributed by atoms with E-state index in [-0.39, 0.29) is 19.4 Å². The number of ether oxygens (including phenoxy) is 5. The maximum Gasteiger partial charge on any atom is 0.338 e. The highest BCUT2D eigenvalue weighted by Crippen LogP contribution is 2.67. The van der Waals surface area contributed by atoms with Crippen molar-refractivity contribution in [3.05, 3.63) is 47.0 Å². The second kappa shape index (κ2) is 12.8. The van der Waals surface area contributed by atoms with Crippen LogP contribution in [0.1, 0.15) is 98.9 Å². The molecule has 0 radical (unpaired) electrons. The normalized spacial score (nSPS) is 40.0. The molecule has 0 aromatic heterocycles. The molecule has 3 aliphatic carbocycles. The van der Waals surface area contributed by atoms with Crippen LogP contribution >= 0.6 is 0 Å². The first-order valence-corrected chi connectivity index (χ1v) is 21.2. The largest absolute Gasteiger partial charge is 0.455 e. The zero-order valence-electron chi connectivity index (χ0n) is 31.5. The first kappa shape index (κ1) is 37.6. The maximum absolute atomic E-state index is 14.3. The lowest BCUT2D eigenvalue weighted by atomic mass is 9.44. The standard InChI is InChI=1S/C39H58O10Si/c1-11-28(41)46-38-22-44-27(38)20-26(49-50(12-2,13-3)14-4)37(10)31(38)33(45-34(42)24-18-16-15-17-19-24)39(43)21-25(40)23(5)29(35(39,6)7)30-32(37)48-36(8,9)47-30/h15-19,25-27,30-33,40,43H,11-14,20-22H2,1-10H3/t25-,26-,27+,30+,31-,32+,33-,37+,38-,39+/m0/s1. The van der Waals surface area contributed by atoms with Crippen LogP contribution in [0, 0.1) is 16.7 Å². The molecule has 2 saturated heterocycles. The number of hydrogen-bond donors (Lipinski definition) is 2. The quantitative estimate of drug-likeness (QED) is 0.176. The predicted octanol–water partition coefficient (Wildman–Crippen LogP) is 6.09. The van der Waals surface area contributed by atoms with E-state index in [1.165, 1.54) is 0 Å². The van der Waals surface area contributed by atoms with E-state index in [0.29, 0.717) is 17.6 Å². The molecule has 10 nitrogen and oxygen atoms in total. The van der Waals surface area contributed by atoms with Gasteiger partial charge in [-0.3, -0.25) is 4.79 Å². The van der Waals surface area contributed by atoms with E-state index in [1.807, 2.05) is 40.7 Å². The number of aliphatic hydroxyl groups is 2. The van der Waals surface area contributed by atoms with Crippen molar-refractivity contribution in [3.63, 3.8) is 0 Å². The molecule has 10 atom stereocenters. The molecule has 6 rings (SSSR count). The van der Waals surface area contributed by atoms with Crippen LogP contribution in [-0.2, 0) is 32.9 Å². The topological polar surface area (TPSA) is 130 Å². The highest BCUT2D eigenvalue weighted by molar-refractivity contribution is 6.73. The summed E-state index contributed by atoms with van der Waals surface area (Å²) in [5.41, 5.74) is -3.53. The Morgan fingerprint density at radius 3 is 2.18 bits per heavy atom. The lowest BCUT2D eigenvalue weighted by molar-refractivity contribution is -0.361. The Labute approximate surface area is 298 Å². The van der Waals surface area contributed by atoms with Crippen LogP contribution in [-0.4, -0.2) is 90.7 Å². The third-order valence-electron chi connectivity index (χ3n) is 13.5.